The Morgan fingerprint density at radius 1 is 1.36 bits per heavy atom. The third-order valence-electron chi connectivity index (χ3n) is 4.31. The number of carbonyl (C=O) groups is 2. The fourth-order valence-corrected chi connectivity index (χ4v) is 4.06. The summed E-state index contributed by atoms with van der Waals surface area (Å²) in [6.07, 6.45) is -0.820. The number of esters is 1. The van der Waals surface area contributed by atoms with E-state index < -0.39 is 28.8 Å². The molecule has 1 atom stereocenters. The van der Waals surface area contributed by atoms with Crippen LogP contribution < -0.4 is 10.2 Å². The third-order valence-corrected chi connectivity index (χ3v) is 5.58. The molecule has 134 valence electrons. The van der Waals surface area contributed by atoms with E-state index in [1.807, 2.05) is 4.90 Å². The van der Waals surface area contributed by atoms with E-state index in [1.165, 1.54) is 13.0 Å². The van der Waals surface area contributed by atoms with Crippen molar-refractivity contribution < 1.29 is 22.9 Å². The van der Waals surface area contributed by atoms with Crippen LogP contribution in [0.15, 0.2) is 23.8 Å². The molecule has 0 unspecified atom stereocenters. The van der Waals surface area contributed by atoms with Crippen molar-refractivity contribution in [2.75, 3.05) is 29.5 Å². The molecule has 1 fully saturated rings. The number of anilines is 1. The molecule has 1 N–H and O–H groups in total. The largest absolute Gasteiger partial charge is 0.434 e. The second kappa shape index (κ2) is 6.95. The topological polar surface area (TPSA) is 75.7 Å². The standard InChI is InChI=1S/C17H19FN2O4S/c1-10-15(17(22)24-16(10)19-11(2)21)12-3-4-14(13(18)9-12)20-5-7-25(23)8-6-20/h3-4,9,16H,5-8H2,1-2H3,(H,19,21)/t16-/m1/s1. The Bertz CT molecular complexity index is 783. The lowest BCUT2D eigenvalue weighted by Gasteiger charge is -2.28. The Kier molecular flexibility index (Phi) is 4.89. The Morgan fingerprint density at radius 3 is 2.64 bits per heavy atom. The van der Waals surface area contributed by atoms with Crippen molar-refractivity contribution in [1.82, 2.24) is 5.32 Å². The van der Waals surface area contributed by atoms with Gasteiger partial charge in [0.2, 0.25) is 5.91 Å². The van der Waals surface area contributed by atoms with Crippen LogP contribution in [0, 0.1) is 5.82 Å². The van der Waals surface area contributed by atoms with Crippen LogP contribution in [0.3, 0.4) is 0 Å². The minimum absolute atomic E-state index is 0.268. The normalized spacial score (nSPS) is 21.5. The Balaban J connectivity index is 1.87. The van der Waals surface area contributed by atoms with Crippen LogP contribution in [0.1, 0.15) is 19.4 Å². The van der Waals surface area contributed by atoms with Gasteiger partial charge in [0.05, 0.1) is 11.3 Å². The number of ether oxygens (including phenoxy) is 1. The molecular formula is C17H19FN2O4S. The second-order valence-electron chi connectivity index (χ2n) is 6.05. The first-order chi connectivity index (χ1) is 11.9. The number of halogens is 1. The van der Waals surface area contributed by atoms with Crippen LogP contribution >= 0.6 is 0 Å². The van der Waals surface area contributed by atoms with Crippen LogP contribution in [0.2, 0.25) is 0 Å². The fourth-order valence-electron chi connectivity index (χ4n) is 3.01. The van der Waals surface area contributed by atoms with Crippen molar-refractivity contribution in [2.24, 2.45) is 0 Å². The number of hydrogen-bond acceptors (Lipinski definition) is 5. The SMILES string of the molecule is CC(=O)N[C@@H]1OC(=O)C(c2ccc(N3CCS(=O)CC3)c(F)c2)=C1C. The first-order valence-corrected chi connectivity index (χ1v) is 9.44. The quantitative estimate of drug-likeness (QED) is 0.814. The number of carbonyl (C=O) groups excluding carboxylic acids is 2. The van der Waals surface area contributed by atoms with Gasteiger partial charge in [0.25, 0.3) is 0 Å². The molecule has 2 heterocycles. The van der Waals surface area contributed by atoms with Crippen LogP contribution in [-0.4, -0.2) is 46.9 Å². The van der Waals surface area contributed by atoms with Gasteiger partial charge in [-0.25, -0.2) is 9.18 Å². The molecule has 6 nitrogen and oxygen atoms in total. The summed E-state index contributed by atoms with van der Waals surface area (Å²) in [7, 11) is -0.833. The van der Waals surface area contributed by atoms with Gasteiger partial charge in [-0.05, 0) is 24.6 Å². The Morgan fingerprint density at radius 2 is 2.04 bits per heavy atom. The maximum atomic E-state index is 14.6. The minimum Gasteiger partial charge on any atom is -0.434 e. The van der Waals surface area contributed by atoms with Gasteiger partial charge < -0.3 is 15.0 Å². The van der Waals surface area contributed by atoms with Gasteiger partial charge in [-0.3, -0.25) is 9.00 Å². The van der Waals surface area contributed by atoms with E-state index >= 15 is 0 Å². The van der Waals surface area contributed by atoms with Gasteiger partial charge in [-0.1, -0.05) is 6.07 Å². The van der Waals surface area contributed by atoms with Gasteiger partial charge in [0.15, 0.2) is 6.23 Å². The Hall–Kier alpha value is -2.22. The molecule has 1 aromatic carbocycles. The van der Waals surface area contributed by atoms with Crippen LogP contribution in [0.4, 0.5) is 10.1 Å². The number of nitrogens with one attached hydrogen (secondary N) is 1. The monoisotopic (exact) mass is 366 g/mol. The first-order valence-electron chi connectivity index (χ1n) is 7.95. The van der Waals surface area contributed by atoms with E-state index in [2.05, 4.69) is 5.32 Å². The molecule has 0 spiro atoms. The lowest BCUT2D eigenvalue weighted by Crippen LogP contribution is -2.38. The molecule has 0 radical (unpaired) electrons. The summed E-state index contributed by atoms with van der Waals surface area (Å²) in [5, 5.41) is 2.53. The van der Waals surface area contributed by atoms with E-state index in [4.69, 9.17) is 4.74 Å². The molecule has 0 bridgehead atoms. The number of hydrogen-bond donors (Lipinski definition) is 1. The number of rotatable bonds is 3. The lowest BCUT2D eigenvalue weighted by atomic mass is 10.0. The predicted octanol–water partition coefficient (Wildman–Crippen LogP) is 1.19. The van der Waals surface area contributed by atoms with E-state index in [0.717, 1.165) is 0 Å². The molecule has 0 saturated carbocycles. The highest BCUT2D eigenvalue weighted by atomic mass is 32.2. The summed E-state index contributed by atoms with van der Waals surface area (Å²) < 4.78 is 31.2. The molecule has 2 aliphatic heterocycles. The second-order valence-corrected chi connectivity index (χ2v) is 7.74. The highest BCUT2D eigenvalue weighted by Gasteiger charge is 2.33. The van der Waals surface area contributed by atoms with E-state index in [9.17, 15) is 18.2 Å². The molecule has 1 aromatic rings. The average Bonchev–Trinajstić information content (AvgIpc) is 2.82. The number of benzene rings is 1. The average molecular weight is 366 g/mol. The van der Waals surface area contributed by atoms with E-state index in [0.29, 0.717) is 41.4 Å². The molecule has 0 aromatic heterocycles. The summed E-state index contributed by atoms with van der Waals surface area (Å²) in [5.41, 5.74) is 1.66. The maximum Gasteiger partial charge on any atom is 0.341 e. The molecule has 2 aliphatic rings. The summed E-state index contributed by atoms with van der Waals surface area (Å²) in [5.74, 6) is -0.299. The van der Waals surface area contributed by atoms with Crippen LogP contribution in [-0.2, 0) is 25.1 Å². The zero-order valence-corrected chi connectivity index (χ0v) is 14.8. The predicted molar refractivity (Wildman–Crippen MR) is 92.8 cm³/mol. The van der Waals surface area contributed by atoms with Crippen molar-refractivity contribution >= 4 is 33.9 Å². The van der Waals surface area contributed by atoms with Gasteiger partial charge in [-0.2, -0.15) is 0 Å². The van der Waals surface area contributed by atoms with Gasteiger partial charge in [0, 0.05) is 47.9 Å². The number of nitrogens with zero attached hydrogens (tertiary/aromatic N) is 1. The van der Waals surface area contributed by atoms with Crippen molar-refractivity contribution in [3.05, 3.63) is 35.2 Å². The molecule has 1 amide bonds. The van der Waals surface area contributed by atoms with Gasteiger partial charge in [-0.15, -0.1) is 0 Å². The van der Waals surface area contributed by atoms with Gasteiger partial charge in [0.1, 0.15) is 5.82 Å². The number of amides is 1. The number of cyclic esters (lactones) is 1. The molecule has 0 aliphatic carbocycles. The highest BCUT2D eigenvalue weighted by molar-refractivity contribution is 7.85. The van der Waals surface area contributed by atoms with Crippen LogP contribution in [0.5, 0.6) is 0 Å². The maximum absolute atomic E-state index is 14.6. The molecule has 3 rings (SSSR count). The van der Waals surface area contributed by atoms with Gasteiger partial charge >= 0.3 is 5.97 Å². The summed E-state index contributed by atoms with van der Waals surface area (Å²) in [6, 6.07) is 4.59. The van der Waals surface area contributed by atoms with E-state index in [-0.39, 0.29) is 11.5 Å². The van der Waals surface area contributed by atoms with E-state index in [1.54, 1.807) is 19.1 Å². The third kappa shape index (κ3) is 3.58. The highest BCUT2D eigenvalue weighted by Crippen LogP contribution is 2.32. The fraction of sp³-hybridized carbons (Fsp3) is 0.412. The lowest BCUT2D eigenvalue weighted by molar-refractivity contribution is -0.140. The summed E-state index contributed by atoms with van der Waals surface area (Å²) >= 11 is 0. The van der Waals surface area contributed by atoms with Crippen molar-refractivity contribution in [3.63, 3.8) is 0 Å². The molecule has 1 saturated heterocycles. The van der Waals surface area contributed by atoms with Crippen molar-refractivity contribution in [1.29, 1.82) is 0 Å². The molecular weight excluding hydrogens is 347 g/mol. The zero-order chi connectivity index (χ0) is 18.1. The smallest absolute Gasteiger partial charge is 0.341 e. The molecule has 8 heteroatoms. The zero-order valence-electron chi connectivity index (χ0n) is 14.0. The summed E-state index contributed by atoms with van der Waals surface area (Å²) in [6.45, 7) is 4.08. The summed E-state index contributed by atoms with van der Waals surface area (Å²) in [4.78, 5) is 25.1. The minimum atomic E-state index is -0.833. The first kappa shape index (κ1) is 17.6. The van der Waals surface area contributed by atoms with Crippen molar-refractivity contribution in [3.8, 4) is 0 Å². The molecule has 25 heavy (non-hydrogen) atoms. The van der Waals surface area contributed by atoms with Crippen molar-refractivity contribution in [2.45, 2.75) is 20.1 Å². The Labute approximate surface area is 147 Å². The van der Waals surface area contributed by atoms with Crippen LogP contribution in [0.25, 0.3) is 5.57 Å².